The lowest BCUT2D eigenvalue weighted by Gasteiger charge is -2.26. The van der Waals surface area contributed by atoms with Crippen molar-refractivity contribution in [3.63, 3.8) is 0 Å². The van der Waals surface area contributed by atoms with E-state index in [4.69, 9.17) is 9.72 Å². The third-order valence-electron chi connectivity index (χ3n) is 6.19. The summed E-state index contributed by atoms with van der Waals surface area (Å²) in [5.41, 5.74) is 2.70. The first-order valence-corrected chi connectivity index (χ1v) is 10.9. The molecule has 2 fully saturated rings. The predicted octanol–water partition coefficient (Wildman–Crippen LogP) is 3.68. The lowest BCUT2D eigenvalue weighted by atomic mass is 10.1. The number of para-hydroxylation sites is 2. The number of H-pyrrole nitrogens is 1. The summed E-state index contributed by atoms with van der Waals surface area (Å²) in [6.45, 7) is 3.65. The molecule has 0 unspecified atom stereocenters. The van der Waals surface area contributed by atoms with Crippen LogP contribution < -0.4 is 9.64 Å². The van der Waals surface area contributed by atoms with Crippen LogP contribution in [0.25, 0.3) is 11.0 Å². The number of rotatable bonds is 5. The Morgan fingerprint density at radius 1 is 1.19 bits per heavy atom. The van der Waals surface area contributed by atoms with E-state index < -0.39 is 0 Å². The largest absolute Gasteiger partial charge is 0.494 e. The molecule has 0 aliphatic carbocycles. The molecule has 7 heteroatoms. The molecule has 0 radical (unpaired) electrons. The van der Waals surface area contributed by atoms with Gasteiger partial charge in [0.2, 0.25) is 11.8 Å². The van der Waals surface area contributed by atoms with Crippen LogP contribution in [0.5, 0.6) is 5.75 Å². The zero-order valence-electron chi connectivity index (χ0n) is 17.6. The van der Waals surface area contributed by atoms with Crippen LogP contribution in [0.4, 0.5) is 5.69 Å². The van der Waals surface area contributed by atoms with Gasteiger partial charge in [0.05, 0.1) is 29.6 Å². The van der Waals surface area contributed by atoms with Gasteiger partial charge in [0.15, 0.2) is 0 Å². The summed E-state index contributed by atoms with van der Waals surface area (Å²) in [7, 11) is 0. The fourth-order valence-electron chi connectivity index (χ4n) is 4.69. The summed E-state index contributed by atoms with van der Waals surface area (Å²) < 4.78 is 5.48. The standard InChI is InChI=1S/C24H26N4O3/c1-2-31-18-11-9-17(10-12-18)28-15-16(14-22(28)29)24(30)27-13-5-8-21(27)23-25-19-6-3-4-7-20(19)26-23/h3-4,6-7,9-12,16,21H,2,5,8,13-15H2,1H3,(H,25,26)/t16-,21-/m0/s1. The maximum absolute atomic E-state index is 13.4. The maximum Gasteiger partial charge on any atom is 0.228 e. The number of nitrogens with one attached hydrogen (secondary N) is 1. The number of nitrogens with zero attached hydrogens (tertiary/aromatic N) is 3. The molecular weight excluding hydrogens is 392 g/mol. The number of aromatic amines is 1. The predicted molar refractivity (Wildman–Crippen MR) is 118 cm³/mol. The Labute approximate surface area is 181 Å². The number of imidazole rings is 1. The Morgan fingerprint density at radius 3 is 2.77 bits per heavy atom. The van der Waals surface area contributed by atoms with Gasteiger partial charge in [-0.15, -0.1) is 0 Å². The highest BCUT2D eigenvalue weighted by molar-refractivity contribution is 6.00. The molecule has 3 heterocycles. The SMILES string of the molecule is CCOc1ccc(N2C[C@@H](C(=O)N3CCC[C@H]3c3nc4ccccc4[nH]3)CC2=O)cc1. The molecule has 1 aromatic heterocycles. The van der Waals surface area contributed by atoms with Crippen molar-refractivity contribution in [2.75, 3.05) is 24.6 Å². The number of anilines is 1. The Balaban J connectivity index is 1.32. The first kappa shape index (κ1) is 19.6. The number of benzene rings is 2. The van der Waals surface area contributed by atoms with Gasteiger partial charge in [0.25, 0.3) is 0 Å². The fraction of sp³-hybridized carbons (Fsp3) is 0.375. The lowest BCUT2D eigenvalue weighted by Crippen LogP contribution is -2.37. The average Bonchev–Trinajstić information content (AvgIpc) is 3.51. The zero-order chi connectivity index (χ0) is 21.4. The van der Waals surface area contributed by atoms with Crippen LogP contribution in [-0.4, -0.2) is 46.4 Å². The van der Waals surface area contributed by atoms with Crippen LogP contribution in [0.3, 0.4) is 0 Å². The summed E-state index contributed by atoms with van der Waals surface area (Å²) in [5, 5.41) is 0. The second-order valence-corrected chi connectivity index (χ2v) is 8.16. The van der Waals surface area contributed by atoms with Gasteiger partial charge in [-0.1, -0.05) is 12.1 Å². The van der Waals surface area contributed by atoms with Crippen molar-refractivity contribution < 1.29 is 14.3 Å². The van der Waals surface area contributed by atoms with Gasteiger partial charge in [0.1, 0.15) is 11.6 Å². The van der Waals surface area contributed by atoms with Crippen molar-refractivity contribution in [1.29, 1.82) is 0 Å². The third-order valence-corrected chi connectivity index (χ3v) is 6.19. The van der Waals surface area contributed by atoms with E-state index in [0.717, 1.165) is 41.1 Å². The molecule has 2 amide bonds. The van der Waals surface area contributed by atoms with Gasteiger partial charge < -0.3 is 19.5 Å². The van der Waals surface area contributed by atoms with Crippen LogP contribution in [0, 0.1) is 5.92 Å². The van der Waals surface area contributed by atoms with E-state index in [2.05, 4.69) is 4.98 Å². The molecule has 0 bridgehead atoms. The van der Waals surface area contributed by atoms with Crippen molar-refractivity contribution in [2.45, 2.75) is 32.2 Å². The first-order chi connectivity index (χ1) is 15.1. The molecule has 5 rings (SSSR count). The molecule has 3 aromatic rings. The highest BCUT2D eigenvalue weighted by atomic mass is 16.5. The molecule has 7 nitrogen and oxygen atoms in total. The smallest absolute Gasteiger partial charge is 0.228 e. The Hall–Kier alpha value is -3.35. The Bertz CT molecular complexity index is 1070. The van der Waals surface area contributed by atoms with Crippen molar-refractivity contribution in [3.8, 4) is 5.75 Å². The molecule has 160 valence electrons. The van der Waals surface area contributed by atoms with E-state index in [0.29, 0.717) is 19.7 Å². The topological polar surface area (TPSA) is 78.5 Å². The van der Waals surface area contributed by atoms with Gasteiger partial charge >= 0.3 is 0 Å². The number of aromatic nitrogens is 2. The van der Waals surface area contributed by atoms with E-state index >= 15 is 0 Å². The van der Waals surface area contributed by atoms with Crippen LogP contribution in [-0.2, 0) is 9.59 Å². The highest BCUT2D eigenvalue weighted by Gasteiger charge is 2.41. The van der Waals surface area contributed by atoms with Gasteiger partial charge in [-0.05, 0) is 56.2 Å². The number of hydrogen-bond acceptors (Lipinski definition) is 4. The van der Waals surface area contributed by atoms with E-state index in [-0.39, 0.29) is 30.2 Å². The minimum Gasteiger partial charge on any atom is -0.494 e. The summed E-state index contributed by atoms with van der Waals surface area (Å²) >= 11 is 0. The molecule has 31 heavy (non-hydrogen) atoms. The minimum atomic E-state index is -0.330. The molecule has 2 saturated heterocycles. The number of hydrogen-bond donors (Lipinski definition) is 1. The summed E-state index contributed by atoms with van der Waals surface area (Å²) in [6, 6.07) is 15.3. The summed E-state index contributed by atoms with van der Waals surface area (Å²) in [6.07, 6.45) is 2.07. The molecule has 2 aliphatic heterocycles. The fourth-order valence-corrected chi connectivity index (χ4v) is 4.69. The quantitative estimate of drug-likeness (QED) is 0.686. The van der Waals surface area contributed by atoms with E-state index in [9.17, 15) is 9.59 Å². The second-order valence-electron chi connectivity index (χ2n) is 8.16. The number of carbonyl (C=O) groups is 2. The Morgan fingerprint density at radius 2 is 2.00 bits per heavy atom. The minimum absolute atomic E-state index is 0.0120. The van der Waals surface area contributed by atoms with Crippen molar-refractivity contribution >= 4 is 28.5 Å². The number of likely N-dealkylation sites (tertiary alicyclic amines) is 1. The van der Waals surface area contributed by atoms with Crippen LogP contribution >= 0.6 is 0 Å². The molecule has 2 atom stereocenters. The first-order valence-electron chi connectivity index (χ1n) is 10.9. The van der Waals surface area contributed by atoms with Gasteiger partial charge in [0, 0.05) is 25.2 Å². The average molecular weight is 418 g/mol. The number of ether oxygens (including phenoxy) is 1. The van der Waals surface area contributed by atoms with Crippen molar-refractivity contribution in [3.05, 3.63) is 54.4 Å². The number of carbonyl (C=O) groups excluding carboxylic acids is 2. The molecular formula is C24H26N4O3. The van der Waals surface area contributed by atoms with E-state index in [1.165, 1.54) is 0 Å². The molecule has 0 spiro atoms. The van der Waals surface area contributed by atoms with Crippen LogP contribution in [0.1, 0.15) is 38.1 Å². The third kappa shape index (κ3) is 3.65. The Kier molecular flexibility index (Phi) is 5.10. The molecule has 0 saturated carbocycles. The highest BCUT2D eigenvalue weighted by Crippen LogP contribution is 2.35. The monoisotopic (exact) mass is 418 g/mol. The normalized spacial score (nSPS) is 21.3. The maximum atomic E-state index is 13.4. The zero-order valence-corrected chi connectivity index (χ0v) is 17.6. The number of fused-ring (bicyclic) bond motifs is 1. The summed E-state index contributed by atoms with van der Waals surface area (Å²) in [5.74, 6) is 1.31. The summed E-state index contributed by atoms with van der Waals surface area (Å²) in [4.78, 5) is 37.8. The van der Waals surface area contributed by atoms with Crippen LogP contribution in [0.15, 0.2) is 48.5 Å². The molecule has 1 N–H and O–H groups in total. The lowest BCUT2D eigenvalue weighted by molar-refractivity contribution is -0.136. The van der Waals surface area contributed by atoms with E-state index in [1.807, 2.05) is 60.4 Å². The van der Waals surface area contributed by atoms with Gasteiger partial charge in [-0.3, -0.25) is 9.59 Å². The van der Waals surface area contributed by atoms with Crippen molar-refractivity contribution in [2.24, 2.45) is 5.92 Å². The van der Waals surface area contributed by atoms with Gasteiger partial charge in [-0.25, -0.2) is 4.98 Å². The second kappa shape index (κ2) is 8.06. The van der Waals surface area contributed by atoms with Crippen LogP contribution in [0.2, 0.25) is 0 Å². The number of amides is 2. The van der Waals surface area contributed by atoms with Crippen molar-refractivity contribution in [1.82, 2.24) is 14.9 Å². The molecule has 2 aromatic carbocycles. The molecule has 2 aliphatic rings. The van der Waals surface area contributed by atoms with Gasteiger partial charge in [-0.2, -0.15) is 0 Å². The van der Waals surface area contributed by atoms with E-state index in [1.54, 1.807) is 4.90 Å².